The first-order valence-corrected chi connectivity index (χ1v) is 11.0. The molecular weight excluding hydrogens is 518 g/mol. The number of fused-ring (bicyclic) bond motifs is 2. The number of benzene rings is 1. The molecule has 0 radical (unpaired) electrons. The normalized spacial score (nSPS) is 22.9. The van der Waals surface area contributed by atoms with E-state index in [0.29, 0.717) is 18.8 Å². The molecule has 15 heteroatoms. The molecular formula is C22H28F6N2O7. The highest BCUT2D eigenvalue weighted by atomic mass is 19.4. The van der Waals surface area contributed by atoms with Gasteiger partial charge >= 0.3 is 24.3 Å². The van der Waals surface area contributed by atoms with Gasteiger partial charge in [-0.15, -0.1) is 0 Å². The van der Waals surface area contributed by atoms with Crippen molar-refractivity contribution in [2.24, 2.45) is 11.8 Å². The molecule has 1 aromatic rings. The first-order chi connectivity index (χ1) is 17.1. The van der Waals surface area contributed by atoms with Gasteiger partial charge < -0.3 is 29.3 Å². The SMILES string of the molecule is CN(C)C[C@H]1OC[C@@H]2CCN(Cc3ccc4c(c3)OCO4)C[C@@H]21.O=C(O)C(F)(F)F.O=C(O)C(F)(F)F. The predicted octanol–water partition coefficient (Wildman–Crippen LogP) is 3.08. The third kappa shape index (κ3) is 9.55. The number of rotatable bonds is 4. The number of nitrogens with zero attached hydrogens (tertiary/aromatic N) is 2. The van der Waals surface area contributed by atoms with Crippen molar-refractivity contribution in [2.45, 2.75) is 31.4 Å². The molecule has 4 rings (SSSR count). The van der Waals surface area contributed by atoms with Crippen LogP contribution >= 0.6 is 0 Å². The molecule has 0 saturated carbocycles. The van der Waals surface area contributed by atoms with Gasteiger partial charge in [-0.2, -0.15) is 26.3 Å². The molecule has 37 heavy (non-hydrogen) atoms. The second kappa shape index (κ2) is 12.6. The number of carboxylic acid groups (broad SMARTS) is 2. The Morgan fingerprint density at radius 1 is 1.03 bits per heavy atom. The van der Waals surface area contributed by atoms with Crippen molar-refractivity contribution in [2.75, 3.05) is 47.1 Å². The van der Waals surface area contributed by atoms with Crippen LogP contribution in [0.25, 0.3) is 0 Å². The Bertz CT molecular complexity index is 902. The van der Waals surface area contributed by atoms with Gasteiger partial charge in [-0.25, -0.2) is 9.59 Å². The molecule has 2 saturated heterocycles. The fourth-order valence-corrected chi connectivity index (χ4v) is 4.09. The molecule has 0 aliphatic carbocycles. The fourth-order valence-electron chi connectivity index (χ4n) is 4.09. The molecule has 210 valence electrons. The number of likely N-dealkylation sites (tertiary alicyclic amines) is 1. The number of aliphatic carboxylic acids is 2. The maximum Gasteiger partial charge on any atom is 0.490 e. The fraction of sp³-hybridized carbons (Fsp3) is 0.636. The second-order valence-corrected chi connectivity index (χ2v) is 8.88. The molecule has 3 aliphatic heterocycles. The minimum Gasteiger partial charge on any atom is -0.475 e. The van der Waals surface area contributed by atoms with E-state index < -0.39 is 24.3 Å². The minimum absolute atomic E-state index is 0.343. The lowest BCUT2D eigenvalue weighted by Crippen LogP contribution is -2.44. The Balaban J connectivity index is 0.000000286. The van der Waals surface area contributed by atoms with E-state index in [0.717, 1.165) is 50.2 Å². The molecule has 0 amide bonds. The van der Waals surface area contributed by atoms with Crippen LogP contribution in [0.3, 0.4) is 0 Å². The summed E-state index contributed by atoms with van der Waals surface area (Å²) in [6.07, 6.45) is -8.53. The van der Waals surface area contributed by atoms with Crippen LogP contribution in [0.1, 0.15) is 12.0 Å². The highest BCUT2D eigenvalue weighted by molar-refractivity contribution is 5.73. The lowest BCUT2D eigenvalue weighted by Gasteiger charge is -2.36. The summed E-state index contributed by atoms with van der Waals surface area (Å²) in [7, 11) is 4.26. The first-order valence-electron chi connectivity index (χ1n) is 11.0. The molecule has 1 aromatic carbocycles. The Morgan fingerprint density at radius 3 is 2.14 bits per heavy atom. The van der Waals surface area contributed by atoms with Crippen molar-refractivity contribution >= 4 is 11.9 Å². The number of hydrogen-bond donors (Lipinski definition) is 2. The highest BCUT2D eigenvalue weighted by Gasteiger charge is 2.41. The number of carboxylic acids is 2. The molecule has 3 aliphatic rings. The predicted molar refractivity (Wildman–Crippen MR) is 115 cm³/mol. The van der Waals surface area contributed by atoms with Gasteiger partial charge in [-0.3, -0.25) is 4.90 Å². The summed E-state index contributed by atoms with van der Waals surface area (Å²) in [5, 5.41) is 14.2. The van der Waals surface area contributed by atoms with Gasteiger partial charge in [-0.1, -0.05) is 6.07 Å². The standard InChI is InChI=1S/C18H26N2O3.2C2HF3O2/c1-19(2)10-18-15-9-20(6-5-14(15)11-21-18)8-13-3-4-16-17(7-13)23-12-22-16;2*3-2(4,5)1(6)7/h3-4,7,14-15,18H,5-6,8-12H2,1-2H3;2*(H,6,7)/t14-,15-,18+;;/m0../s1. The van der Waals surface area contributed by atoms with Crippen LogP contribution in [-0.4, -0.2) is 97.5 Å². The third-order valence-corrected chi connectivity index (χ3v) is 5.77. The number of hydrogen-bond acceptors (Lipinski definition) is 7. The van der Waals surface area contributed by atoms with Crippen molar-refractivity contribution in [3.8, 4) is 11.5 Å². The average molecular weight is 546 g/mol. The van der Waals surface area contributed by atoms with E-state index in [2.05, 4.69) is 36.0 Å². The molecule has 2 N–H and O–H groups in total. The van der Waals surface area contributed by atoms with Crippen LogP contribution in [0, 0.1) is 11.8 Å². The van der Waals surface area contributed by atoms with E-state index in [9.17, 15) is 26.3 Å². The number of alkyl halides is 6. The average Bonchev–Trinajstić information content (AvgIpc) is 3.39. The molecule has 0 bridgehead atoms. The number of piperidine rings is 1. The lowest BCUT2D eigenvalue weighted by molar-refractivity contribution is -0.193. The van der Waals surface area contributed by atoms with Gasteiger partial charge in [0.1, 0.15) is 0 Å². The number of likely N-dealkylation sites (N-methyl/N-ethyl adjacent to an activating group) is 1. The summed E-state index contributed by atoms with van der Waals surface area (Å²) in [6, 6.07) is 6.30. The number of carbonyl (C=O) groups is 2. The Hall–Kier alpha value is -2.78. The lowest BCUT2D eigenvalue weighted by atomic mass is 9.84. The van der Waals surface area contributed by atoms with E-state index in [1.807, 2.05) is 6.07 Å². The summed E-state index contributed by atoms with van der Waals surface area (Å²) in [6.45, 7) is 5.59. The maximum absolute atomic E-state index is 10.6. The Labute approximate surface area is 208 Å². The van der Waals surface area contributed by atoms with Crippen LogP contribution in [0.15, 0.2) is 18.2 Å². The van der Waals surface area contributed by atoms with Gasteiger partial charge in [-0.05, 0) is 50.7 Å². The highest BCUT2D eigenvalue weighted by Crippen LogP contribution is 2.36. The van der Waals surface area contributed by atoms with Crippen molar-refractivity contribution in [3.05, 3.63) is 23.8 Å². The van der Waals surface area contributed by atoms with E-state index in [-0.39, 0.29) is 0 Å². The number of halogens is 6. The van der Waals surface area contributed by atoms with Crippen molar-refractivity contribution in [3.63, 3.8) is 0 Å². The zero-order chi connectivity index (χ0) is 28.0. The quantitative estimate of drug-likeness (QED) is 0.551. The molecule has 3 atom stereocenters. The maximum atomic E-state index is 10.6. The largest absolute Gasteiger partial charge is 0.490 e. The topological polar surface area (TPSA) is 109 Å². The van der Waals surface area contributed by atoms with Crippen LogP contribution in [0.4, 0.5) is 26.3 Å². The van der Waals surface area contributed by atoms with Crippen LogP contribution in [-0.2, 0) is 20.9 Å². The Kier molecular flexibility index (Phi) is 10.4. The molecule has 0 unspecified atom stereocenters. The molecule has 9 nitrogen and oxygen atoms in total. The smallest absolute Gasteiger partial charge is 0.475 e. The van der Waals surface area contributed by atoms with Crippen molar-refractivity contribution in [1.82, 2.24) is 9.80 Å². The van der Waals surface area contributed by atoms with E-state index in [1.54, 1.807) is 0 Å². The zero-order valence-electron chi connectivity index (χ0n) is 20.0. The summed E-state index contributed by atoms with van der Waals surface area (Å²) in [5.41, 5.74) is 1.30. The molecule has 0 aromatic heterocycles. The van der Waals surface area contributed by atoms with E-state index in [1.165, 1.54) is 12.0 Å². The zero-order valence-corrected chi connectivity index (χ0v) is 20.0. The van der Waals surface area contributed by atoms with Crippen LogP contribution < -0.4 is 9.47 Å². The molecule has 2 fully saturated rings. The van der Waals surface area contributed by atoms with Gasteiger partial charge in [0.15, 0.2) is 11.5 Å². The van der Waals surface area contributed by atoms with Gasteiger partial charge in [0.25, 0.3) is 0 Å². The third-order valence-electron chi connectivity index (χ3n) is 5.77. The summed E-state index contributed by atoms with van der Waals surface area (Å²) in [4.78, 5) is 22.6. The first kappa shape index (κ1) is 30.4. The van der Waals surface area contributed by atoms with Crippen molar-refractivity contribution in [1.29, 1.82) is 0 Å². The van der Waals surface area contributed by atoms with E-state index >= 15 is 0 Å². The van der Waals surface area contributed by atoms with Crippen LogP contribution in [0.2, 0.25) is 0 Å². The second-order valence-electron chi connectivity index (χ2n) is 8.88. The molecule has 3 heterocycles. The van der Waals surface area contributed by atoms with Gasteiger partial charge in [0, 0.05) is 25.6 Å². The van der Waals surface area contributed by atoms with Gasteiger partial charge in [0.05, 0.1) is 12.7 Å². The van der Waals surface area contributed by atoms with Gasteiger partial charge in [0.2, 0.25) is 6.79 Å². The monoisotopic (exact) mass is 546 g/mol. The summed E-state index contributed by atoms with van der Waals surface area (Å²) >= 11 is 0. The minimum atomic E-state index is -5.08. The molecule has 0 spiro atoms. The van der Waals surface area contributed by atoms with Crippen molar-refractivity contribution < 1.29 is 60.4 Å². The number of ether oxygens (including phenoxy) is 3. The summed E-state index contributed by atoms with van der Waals surface area (Å²) in [5.74, 6) is -2.36. The van der Waals surface area contributed by atoms with Crippen LogP contribution in [0.5, 0.6) is 11.5 Å². The summed E-state index contributed by atoms with van der Waals surface area (Å²) < 4.78 is 80.4. The Morgan fingerprint density at radius 2 is 1.59 bits per heavy atom. The van der Waals surface area contributed by atoms with E-state index in [4.69, 9.17) is 34.0 Å².